The number of carboxylic acid groups (broad SMARTS) is 1. The average Bonchev–Trinajstić information content (AvgIpc) is 3.61. The van der Waals surface area contributed by atoms with Crippen molar-refractivity contribution in [3.8, 4) is 11.1 Å². The van der Waals surface area contributed by atoms with Gasteiger partial charge in [0.25, 0.3) is 0 Å². The number of Topliss-reactive ketones (excluding diaryl/α,β-unsaturated/α-hetero) is 1. The monoisotopic (exact) mass is 661 g/mol. The summed E-state index contributed by atoms with van der Waals surface area (Å²) in [6.45, 7) is 3.47. The molecule has 0 atom stereocenters. The summed E-state index contributed by atoms with van der Waals surface area (Å²) in [4.78, 5) is 64.2. The highest BCUT2D eigenvalue weighted by Crippen LogP contribution is 2.40. The van der Waals surface area contributed by atoms with Crippen LogP contribution in [0.4, 0.5) is 4.39 Å². The number of nitrogens with zero attached hydrogens (tertiary/aromatic N) is 6. The van der Waals surface area contributed by atoms with Crippen molar-refractivity contribution in [3.63, 3.8) is 0 Å². The maximum absolute atomic E-state index is 15.7. The Morgan fingerprint density at radius 1 is 1.06 bits per heavy atom. The van der Waals surface area contributed by atoms with Gasteiger partial charge in [0.05, 0.1) is 29.5 Å². The molecule has 4 aromatic rings. The molecule has 1 aliphatic rings. The molecule has 254 valence electrons. The van der Waals surface area contributed by atoms with Crippen LogP contribution < -0.4 is 5.32 Å². The number of amides is 3. The quantitative estimate of drug-likeness (QED) is 0.234. The molecule has 0 spiro atoms. The number of benzene rings is 2. The molecule has 0 aliphatic carbocycles. The summed E-state index contributed by atoms with van der Waals surface area (Å²) in [6.07, 6.45) is 3.16. The number of ketones is 1. The number of fused-ring (bicyclic) bond motifs is 2. The van der Waals surface area contributed by atoms with Gasteiger partial charge in [0.2, 0.25) is 17.7 Å². The highest BCUT2D eigenvalue weighted by molar-refractivity contribution is 6.00. The molecule has 2 aromatic heterocycles. The molecule has 14 heteroatoms. The van der Waals surface area contributed by atoms with E-state index in [1.54, 1.807) is 39.6 Å². The van der Waals surface area contributed by atoms with Gasteiger partial charge >= 0.3 is 5.97 Å². The average molecular weight is 662 g/mol. The molecule has 0 unspecified atom stereocenters. The Labute approximate surface area is 276 Å². The van der Waals surface area contributed by atoms with Crippen molar-refractivity contribution < 1.29 is 33.5 Å². The highest BCUT2D eigenvalue weighted by Gasteiger charge is 2.30. The second kappa shape index (κ2) is 14.3. The number of carboxylic acids is 1. The van der Waals surface area contributed by atoms with Crippen LogP contribution >= 0.6 is 0 Å². The van der Waals surface area contributed by atoms with E-state index in [0.717, 1.165) is 5.52 Å². The van der Waals surface area contributed by atoms with E-state index in [2.05, 4.69) is 10.4 Å². The summed E-state index contributed by atoms with van der Waals surface area (Å²) < 4.78 is 19.0. The van der Waals surface area contributed by atoms with Gasteiger partial charge < -0.3 is 20.2 Å². The van der Waals surface area contributed by atoms with Gasteiger partial charge in [0.1, 0.15) is 24.7 Å². The van der Waals surface area contributed by atoms with Crippen LogP contribution in [0.2, 0.25) is 0 Å². The molecule has 2 N–H and O–H groups in total. The van der Waals surface area contributed by atoms with Crippen LogP contribution in [-0.4, -0.2) is 97.2 Å². The number of likely N-dealkylation sites (N-methyl/N-ethyl adjacent to an activating group) is 1. The molecule has 3 heterocycles. The van der Waals surface area contributed by atoms with Crippen LogP contribution in [0.3, 0.4) is 0 Å². The minimum atomic E-state index is -1.20. The Hall–Kier alpha value is -5.14. The van der Waals surface area contributed by atoms with Crippen molar-refractivity contribution in [1.82, 2.24) is 34.7 Å². The number of carbonyl (C=O) groups excluding carboxylic acids is 4. The Morgan fingerprint density at radius 2 is 1.79 bits per heavy atom. The number of piperidine rings is 1. The van der Waals surface area contributed by atoms with E-state index in [-0.39, 0.29) is 49.5 Å². The van der Waals surface area contributed by atoms with Gasteiger partial charge in [-0.3, -0.25) is 33.3 Å². The minimum Gasteiger partial charge on any atom is -0.480 e. The summed E-state index contributed by atoms with van der Waals surface area (Å²) in [5.41, 5.74) is 3.00. The third-order valence-corrected chi connectivity index (χ3v) is 8.92. The molecule has 1 fully saturated rings. The first kappa shape index (κ1) is 34.2. The Balaban J connectivity index is 1.46. The van der Waals surface area contributed by atoms with Crippen molar-refractivity contribution in [2.45, 2.75) is 52.0 Å². The standard InChI is InChI=1S/C34H40FN7O6/c1-20(2)28(43)8-9-30(45)41-12-10-21(11-13-41)34-33-23(24-15-27-22(14-25(24)35)16-37-40(27)4)6-5-7-26(33)42(38-34)19-31(46)39(3)18-29(44)36-17-32(47)48/h5-7,14-16,20-21H,8-13,17-19H2,1-4H3,(H,36,44)(H,47,48). The number of hydrogen-bond donors (Lipinski definition) is 2. The fourth-order valence-corrected chi connectivity index (χ4v) is 6.13. The Bertz CT molecular complexity index is 1890. The Morgan fingerprint density at radius 3 is 2.48 bits per heavy atom. The number of rotatable bonds is 12. The number of likely N-dealkylation sites (tertiary alicyclic amines) is 1. The molecule has 2 aromatic carbocycles. The zero-order valence-electron chi connectivity index (χ0n) is 27.5. The van der Waals surface area contributed by atoms with Crippen LogP contribution in [0.1, 0.15) is 51.1 Å². The Kier molecular flexibility index (Phi) is 10.2. The first-order valence-electron chi connectivity index (χ1n) is 16.0. The van der Waals surface area contributed by atoms with Gasteiger partial charge in [-0.25, -0.2) is 4.39 Å². The van der Waals surface area contributed by atoms with Gasteiger partial charge in [0.15, 0.2) is 0 Å². The maximum Gasteiger partial charge on any atom is 0.322 e. The fraction of sp³-hybridized carbons (Fsp3) is 0.441. The summed E-state index contributed by atoms with van der Waals surface area (Å²) in [6, 6.07) is 8.61. The number of aryl methyl sites for hydroxylation is 1. The normalized spacial score (nSPS) is 13.8. The number of nitrogens with one attached hydrogen (secondary N) is 1. The van der Waals surface area contributed by atoms with Crippen molar-refractivity contribution >= 4 is 51.3 Å². The number of carbonyl (C=O) groups is 5. The van der Waals surface area contributed by atoms with E-state index in [1.807, 2.05) is 26.0 Å². The summed E-state index contributed by atoms with van der Waals surface area (Å²) in [7, 11) is 3.23. The molecular formula is C34H40FN7O6. The van der Waals surface area contributed by atoms with Crippen LogP contribution in [-0.2, 0) is 37.6 Å². The van der Waals surface area contributed by atoms with E-state index in [1.165, 1.54) is 18.0 Å². The van der Waals surface area contributed by atoms with Crippen LogP contribution in [0, 0.1) is 11.7 Å². The topological polar surface area (TPSA) is 160 Å². The molecule has 13 nitrogen and oxygen atoms in total. The molecule has 48 heavy (non-hydrogen) atoms. The zero-order valence-corrected chi connectivity index (χ0v) is 27.5. The molecule has 0 radical (unpaired) electrons. The van der Waals surface area contributed by atoms with E-state index >= 15 is 4.39 Å². The molecule has 5 rings (SSSR count). The van der Waals surface area contributed by atoms with Gasteiger partial charge in [-0.1, -0.05) is 26.0 Å². The van der Waals surface area contributed by atoms with E-state index in [9.17, 15) is 24.0 Å². The van der Waals surface area contributed by atoms with E-state index < -0.39 is 30.1 Å². The number of aromatic nitrogens is 4. The highest BCUT2D eigenvalue weighted by atomic mass is 19.1. The number of hydrogen-bond acceptors (Lipinski definition) is 7. The third kappa shape index (κ3) is 7.37. The predicted octanol–water partition coefficient (Wildman–Crippen LogP) is 3.10. The number of halogens is 1. The second-order valence-corrected chi connectivity index (χ2v) is 12.6. The lowest BCUT2D eigenvalue weighted by atomic mass is 9.88. The van der Waals surface area contributed by atoms with Crippen LogP contribution in [0.15, 0.2) is 36.5 Å². The van der Waals surface area contributed by atoms with Gasteiger partial charge in [0, 0.05) is 68.2 Å². The zero-order chi connectivity index (χ0) is 34.7. The predicted molar refractivity (Wildman–Crippen MR) is 175 cm³/mol. The van der Waals surface area contributed by atoms with Gasteiger partial charge in [-0.05, 0) is 36.6 Å². The summed E-state index contributed by atoms with van der Waals surface area (Å²) in [5.74, 6) is -2.90. The SMILES string of the molecule is CC(C)C(=O)CCC(=O)N1CCC(c2nn(CC(=O)N(C)CC(=O)NCC(=O)O)c3cccc(-c4cc5c(cnn5C)cc4F)c23)CC1. The van der Waals surface area contributed by atoms with Crippen molar-refractivity contribution in [2.75, 3.05) is 33.2 Å². The van der Waals surface area contributed by atoms with Crippen LogP contribution in [0.5, 0.6) is 0 Å². The number of aliphatic carboxylic acids is 1. The third-order valence-electron chi connectivity index (χ3n) is 8.92. The lowest BCUT2D eigenvalue weighted by Gasteiger charge is -2.31. The summed E-state index contributed by atoms with van der Waals surface area (Å²) >= 11 is 0. The fourth-order valence-electron chi connectivity index (χ4n) is 6.13. The smallest absolute Gasteiger partial charge is 0.322 e. The first-order valence-corrected chi connectivity index (χ1v) is 16.0. The first-order chi connectivity index (χ1) is 22.8. The molecule has 1 aliphatic heterocycles. The molecular weight excluding hydrogens is 621 g/mol. The van der Waals surface area contributed by atoms with Crippen molar-refractivity contribution in [3.05, 3.63) is 48.0 Å². The molecule has 3 amide bonds. The van der Waals surface area contributed by atoms with Crippen molar-refractivity contribution in [2.24, 2.45) is 13.0 Å². The molecule has 1 saturated heterocycles. The lowest BCUT2D eigenvalue weighted by molar-refractivity contribution is -0.139. The largest absolute Gasteiger partial charge is 0.480 e. The second-order valence-electron chi connectivity index (χ2n) is 12.6. The van der Waals surface area contributed by atoms with E-state index in [4.69, 9.17) is 10.2 Å². The molecule has 0 saturated carbocycles. The summed E-state index contributed by atoms with van der Waals surface area (Å²) in [5, 5.41) is 21.6. The minimum absolute atomic E-state index is 0.0559. The maximum atomic E-state index is 15.7. The van der Waals surface area contributed by atoms with E-state index in [0.29, 0.717) is 59.0 Å². The van der Waals surface area contributed by atoms with Crippen LogP contribution in [0.25, 0.3) is 32.9 Å². The molecule has 0 bridgehead atoms. The van der Waals surface area contributed by atoms with Gasteiger partial charge in [-0.15, -0.1) is 0 Å². The van der Waals surface area contributed by atoms with Gasteiger partial charge in [-0.2, -0.15) is 10.2 Å². The van der Waals surface area contributed by atoms with Crippen molar-refractivity contribution in [1.29, 1.82) is 0 Å². The lowest BCUT2D eigenvalue weighted by Crippen LogP contribution is -2.41.